The van der Waals surface area contributed by atoms with Crippen molar-refractivity contribution in [2.45, 2.75) is 25.8 Å². The highest BCUT2D eigenvalue weighted by Gasteiger charge is 2.23. The van der Waals surface area contributed by atoms with Gasteiger partial charge in [-0.2, -0.15) is 0 Å². The van der Waals surface area contributed by atoms with Gasteiger partial charge in [-0.25, -0.2) is 4.79 Å². The highest BCUT2D eigenvalue weighted by molar-refractivity contribution is 5.95. The van der Waals surface area contributed by atoms with Crippen LogP contribution in [0.4, 0.5) is 10.5 Å². The smallest absolute Gasteiger partial charge is 0.411 e. The van der Waals surface area contributed by atoms with E-state index >= 15 is 0 Å². The van der Waals surface area contributed by atoms with Crippen molar-refractivity contribution in [3.63, 3.8) is 0 Å². The topological polar surface area (TPSA) is 67.4 Å². The van der Waals surface area contributed by atoms with Crippen LogP contribution in [0.1, 0.15) is 41.3 Å². The molecule has 0 saturated carbocycles. The minimum Gasteiger partial charge on any atom is -0.450 e. The molecule has 0 bridgehead atoms. The largest absolute Gasteiger partial charge is 0.450 e. The Morgan fingerprint density at radius 3 is 1.87 bits per heavy atom. The summed E-state index contributed by atoms with van der Waals surface area (Å²) in [6, 6.07) is 26.9. The second kappa shape index (κ2) is 10.3. The van der Waals surface area contributed by atoms with E-state index in [-0.39, 0.29) is 17.9 Å². The average Bonchev–Trinajstić information content (AvgIpc) is 2.76. The maximum atomic E-state index is 12.8. The third kappa shape index (κ3) is 5.47. The molecular weight excluding hydrogens is 376 g/mol. The van der Waals surface area contributed by atoms with Crippen LogP contribution in [0.2, 0.25) is 0 Å². The Labute approximate surface area is 177 Å². The van der Waals surface area contributed by atoms with Crippen molar-refractivity contribution in [3.8, 4) is 0 Å². The Balaban J connectivity index is 1.73. The Kier molecular flexibility index (Phi) is 7.22. The molecule has 3 aromatic carbocycles. The molecule has 0 spiro atoms. The first-order chi connectivity index (χ1) is 14.6. The van der Waals surface area contributed by atoms with E-state index < -0.39 is 6.09 Å². The third-order valence-electron chi connectivity index (χ3n) is 4.85. The molecule has 2 amide bonds. The molecule has 0 heterocycles. The molecule has 1 unspecified atom stereocenters. The van der Waals surface area contributed by atoms with Gasteiger partial charge in [0.05, 0.1) is 6.61 Å². The summed E-state index contributed by atoms with van der Waals surface area (Å²) in [7, 11) is 0. The number of amides is 2. The fourth-order valence-electron chi connectivity index (χ4n) is 3.45. The monoisotopic (exact) mass is 402 g/mol. The zero-order chi connectivity index (χ0) is 21.3. The van der Waals surface area contributed by atoms with Gasteiger partial charge < -0.3 is 10.1 Å². The molecule has 3 aromatic rings. The second-order valence-electron chi connectivity index (χ2n) is 6.98. The van der Waals surface area contributed by atoms with Gasteiger partial charge in [0.15, 0.2) is 0 Å². The van der Waals surface area contributed by atoms with E-state index in [9.17, 15) is 9.59 Å². The number of hydrogen-bond donors (Lipinski definition) is 2. The van der Waals surface area contributed by atoms with Crippen LogP contribution in [-0.4, -0.2) is 24.6 Å². The minimum atomic E-state index is -0.517. The molecule has 5 nitrogen and oxygen atoms in total. The fraction of sp³-hybridized carbons (Fsp3) is 0.200. The molecule has 1 atom stereocenters. The van der Waals surface area contributed by atoms with Crippen LogP contribution in [0, 0.1) is 0 Å². The van der Waals surface area contributed by atoms with Crippen LogP contribution < -0.4 is 10.6 Å². The number of anilines is 1. The van der Waals surface area contributed by atoms with E-state index in [0.717, 1.165) is 11.1 Å². The molecule has 0 aliphatic rings. The lowest BCUT2D eigenvalue weighted by molar-refractivity contribution is 0.0937. The number of benzene rings is 3. The van der Waals surface area contributed by atoms with Gasteiger partial charge in [0.1, 0.15) is 0 Å². The summed E-state index contributed by atoms with van der Waals surface area (Å²) in [5, 5.41) is 5.74. The molecule has 30 heavy (non-hydrogen) atoms. The number of ether oxygens (including phenoxy) is 1. The van der Waals surface area contributed by atoms with Gasteiger partial charge in [0.25, 0.3) is 5.91 Å². The summed E-state index contributed by atoms with van der Waals surface area (Å²) < 4.78 is 4.86. The summed E-state index contributed by atoms with van der Waals surface area (Å²) in [6.45, 7) is 4.06. The first kappa shape index (κ1) is 21.1. The third-order valence-corrected chi connectivity index (χ3v) is 4.85. The van der Waals surface area contributed by atoms with Crippen molar-refractivity contribution >= 4 is 17.7 Å². The van der Waals surface area contributed by atoms with Crippen molar-refractivity contribution in [3.05, 3.63) is 102 Å². The van der Waals surface area contributed by atoms with E-state index in [1.807, 2.05) is 43.3 Å². The normalized spacial score (nSPS) is 11.6. The molecule has 154 valence electrons. The maximum Gasteiger partial charge on any atom is 0.411 e. The molecule has 3 rings (SSSR count). The predicted octanol–water partition coefficient (Wildman–Crippen LogP) is 5.21. The first-order valence-corrected chi connectivity index (χ1v) is 10.0. The van der Waals surface area contributed by atoms with Gasteiger partial charge in [-0.3, -0.25) is 10.1 Å². The van der Waals surface area contributed by atoms with Crippen LogP contribution >= 0.6 is 0 Å². The zero-order valence-corrected chi connectivity index (χ0v) is 17.2. The lowest BCUT2D eigenvalue weighted by atomic mass is 9.85. The molecule has 2 N–H and O–H groups in total. The fourth-order valence-corrected chi connectivity index (χ4v) is 3.45. The Bertz CT molecular complexity index is 917. The van der Waals surface area contributed by atoms with Crippen LogP contribution in [0.15, 0.2) is 84.9 Å². The molecule has 0 radical (unpaired) electrons. The van der Waals surface area contributed by atoms with Crippen LogP contribution in [0.3, 0.4) is 0 Å². The van der Waals surface area contributed by atoms with Gasteiger partial charge in [0.2, 0.25) is 0 Å². The van der Waals surface area contributed by atoms with E-state index in [0.29, 0.717) is 17.9 Å². The summed E-state index contributed by atoms with van der Waals surface area (Å²) >= 11 is 0. The van der Waals surface area contributed by atoms with Gasteiger partial charge in [-0.1, -0.05) is 60.7 Å². The first-order valence-electron chi connectivity index (χ1n) is 10.0. The predicted molar refractivity (Wildman–Crippen MR) is 119 cm³/mol. The van der Waals surface area contributed by atoms with E-state index in [4.69, 9.17) is 4.74 Å². The lowest BCUT2D eigenvalue weighted by Crippen LogP contribution is -2.37. The molecule has 0 aromatic heterocycles. The van der Waals surface area contributed by atoms with E-state index in [1.165, 1.54) is 0 Å². The zero-order valence-electron chi connectivity index (χ0n) is 17.2. The van der Waals surface area contributed by atoms with E-state index in [1.54, 1.807) is 31.2 Å². The number of nitrogens with one attached hydrogen (secondary N) is 2. The minimum absolute atomic E-state index is 0.0288. The van der Waals surface area contributed by atoms with Crippen molar-refractivity contribution in [1.82, 2.24) is 5.32 Å². The summed E-state index contributed by atoms with van der Waals surface area (Å²) in [5.74, 6) is -0.136. The molecular formula is C25H26N2O3. The van der Waals surface area contributed by atoms with Crippen molar-refractivity contribution in [1.29, 1.82) is 0 Å². The maximum absolute atomic E-state index is 12.8. The van der Waals surface area contributed by atoms with Crippen LogP contribution in [-0.2, 0) is 4.74 Å². The van der Waals surface area contributed by atoms with Crippen molar-refractivity contribution in [2.75, 3.05) is 11.9 Å². The van der Waals surface area contributed by atoms with Crippen LogP contribution in [0.5, 0.6) is 0 Å². The standard InChI is InChI=1S/C25H26N2O3/c1-3-30-25(29)27-22-16-14-21(15-17-22)24(28)26-18(2)23(19-10-6-4-7-11-19)20-12-8-5-9-13-20/h4-18,23H,3H2,1-2H3,(H,26,28)(H,27,29). The number of rotatable bonds is 7. The Morgan fingerprint density at radius 2 is 1.37 bits per heavy atom. The van der Waals surface area contributed by atoms with Gasteiger partial charge in [0, 0.05) is 23.2 Å². The molecule has 0 fully saturated rings. The van der Waals surface area contributed by atoms with E-state index in [2.05, 4.69) is 34.9 Å². The summed E-state index contributed by atoms with van der Waals surface area (Å²) in [5.41, 5.74) is 3.39. The quantitative estimate of drug-likeness (QED) is 0.570. The molecule has 0 aliphatic carbocycles. The van der Waals surface area contributed by atoms with Crippen molar-refractivity contribution < 1.29 is 14.3 Å². The summed E-state index contributed by atoms with van der Waals surface area (Å²) in [6.07, 6.45) is -0.517. The van der Waals surface area contributed by atoms with Gasteiger partial charge in [-0.15, -0.1) is 0 Å². The number of hydrogen-bond acceptors (Lipinski definition) is 3. The van der Waals surface area contributed by atoms with Gasteiger partial charge >= 0.3 is 6.09 Å². The number of carbonyl (C=O) groups excluding carboxylic acids is 2. The SMILES string of the molecule is CCOC(=O)Nc1ccc(C(=O)NC(C)C(c2ccccc2)c2ccccc2)cc1. The molecule has 0 aliphatic heterocycles. The Morgan fingerprint density at radius 1 is 0.833 bits per heavy atom. The van der Waals surface area contributed by atoms with Crippen LogP contribution in [0.25, 0.3) is 0 Å². The van der Waals surface area contributed by atoms with Crippen molar-refractivity contribution in [2.24, 2.45) is 0 Å². The molecule has 0 saturated heterocycles. The summed E-state index contributed by atoms with van der Waals surface area (Å²) in [4.78, 5) is 24.3. The number of carbonyl (C=O) groups is 2. The Hall–Kier alpha value is -3.60. The highest BCUT2D eigenvalue weighted by Crippen LogP contribution is 2.28. The lowest BCUT2D eigenvalue weighted by Gasteiger charge is -2.26. The molecule has 5 heteroatoms. The van der Waals surface area contributed by atoms with Gasteiger partial charge in [-0.05, 0) is 49.2 Å². The average molecular weight is 402 g/mol. The second-order valence-corrected chi connectivity index (χ2v) is 6.98. The highest BCUT2D eigenvalue weighted by atomic mass is 16.5.